The summed E-state index contributed by atoms with van der Waals surface area (Å²) in [4.78, 5) is 4.05. The average molecular weight is 265 g/mol. The fraction of sp³-hybridized carbons (Fsp3) is 0.900. The molecule has 102 valence electrons. The van der Waals surface area contributed by atoms with E-state index in [0.29, 0.717) is 19.1 Å². The number of aliphatic imine (C=N–C) groups is 1. The van der Waals surface area contributed by atoms with Crippen LogP contribution in [0.25, 0.3) is 0 Å². The highest BCUT2D eigenvalue weighted by Crippen LogP contribution is 1.96. The van der Waals surface area contributed by atoms with Gasteiger partial charge >= 0.3 is 0 Å². The molecule has 3 N–H and O–H groups in total. The van der Waals surface area contributed by atoms with Gasteiger partial charge in [-0.3, -0.25) is 4.99 Å². The van der Waals surface area contributed by atoms with E-state index < -0.39 is 9.84 Å². The smallest absolute Gasteiger partial charge is 0.189 e. The standard InChI is InChI=1S/C10H23N3O3S/c1-10(2,3)13-9(11)12-5-6-16-7-8-17(4,14)15/h5-8H2,1-4H3,(H3,11,12,13). The van der Waals surface area contributed by atoms with Crippen molar-refractivity contribution < 1.29 is 13.2 Å². The highest BCUT2D eigenvalue weighted by atomic mass is 32.2. The maximum absolute atomic E-state index is 10.8. The van der Waals surface area contributed by atoms with Crippen LogP contribution in [-0.2, 0) is 14.6 Å². The summed E-state index contributed by atoms with van der Waals surface area (Å²) < 4.78 is 26.7. The van der Waals surface area contributed by atoms with Crippen molar-refractivity contribution in [2.75, 3.05) is 31.8 Å². The van der Waals surface area contributed by atoms with Crippen molar-refractivity contribution in [1.82, 2.24) is 5.32 Å². The topological polar surface area (TPSA) is 93.8 Å². The summed E-state index contributed by atoms with van der Waals surface area (Å²) in [5, 5.41) is 3.01. The maximum Gasteiger partial charge on any atom is 0.189 e. The lowest BCUT2D eigenvalue weighted by Gasteiger charge is -2.20. The van der Waals surface area contributed by atoms with Crippen molar-refractivity contribution in [2.24, 2.45) is 10.7 Å². The molecule has 0 heterocycles. The molecule has 0 saturated heterocycles. The van der Waals surface area contributed by atoms with Gasteiger partial charge in [0.1, 0.15) is 9.84 Å². The van der Waals surface area contributed by atoms with Gasteiger partial charge in [0.15, 0.2) is 5.96 Å². The molecule has 0 radical (unpaired) electrons. The van der Waals surface area contributed by atoms with E-state index in [4.69, 9.17) is 10.5 Å². The Labute approximate surface area is 104 Å². The first kappa shape index (κ1) is 16.2. The van der Waals surface area contributed by atoms with Crippen molar-refractivity contribution in [3.63, 3.8) is 0 Å². The van der Waals surface area contributed by atoms with Crippen LogP contribution < -0.4 is 11.1 Å². The SMILES string of the molecule is CC(C)(C)NC(N)=NCCOCCS(C)(=O)=O. The molecule has 0 rings (SSSR count). The van der Waals surface area contributed by atoms with Crippen LogP contribution in [0.3, 0.4) is 0 Å². The molecule has 0 amide bonds. The summed E-state index contributed by atoms with van der Waals surface area (Å²) in [6, 6.07) is 0. The molecular formula is C10H23N3O3S. The lowest BCUT2D eigenvalue weighted by atomic mass is 10.1. The van der Waals surface area contributed by atoms with E-state index in [1.165, 1.54) is 6.26 Å². The first-order valence-electron chi connectivity index (χ1n) is 5.44. The summed E-state index contributed by atoms with van der Waals surface area (Å²) in [5.74, 6) is 0.399. The molecule has 0 atom stereocenters. The molecule has 0 saturated carbocycles. The van der Waals surface area contributed by atoms with Gasteiger partial charge in [0.25, 0.3) is 0 Å². The summed E-state index contributed by atoms with van der Waals surface area (Å²) in [7, 11) is -2.95. The second-order valence-electron chi connectivity index (χ2n) is 4.88. The van der Waals surface area contributed by atoms with Gasteiger partial charge < -0.3 is 15.8 Å². The van der Waals surface area contributed by atoms with Crippen LogP contribution in [0.2, 0.25) is 0 Å². The van der Waals surface area contributed by atoms with Crippen molar-refractivity contribution in [3.8, 4) is 0 Å². The molecule has 0 aromatic heterocycles. The number of nitrogens with one attached hydrogen (secondary N) is 1. The van der Waals surface area contributed by atoms with Crippen molar-refractivity contribution in [3.05, 3.63) is 0 Å². The van der Waals surface area contributed by atoms with E-state index in [-0.39, 0.29) is 17.9 Å². The first-order chi connectivity index (χ1) is 7.60. The van der Waals surface area contributed by atoms with Crippen LogP contribution in [-0.4, -0.2) is 51.7 Å². The van der Waals surface area contributed by atoms with Gasteiger partial charge in [0.05, 0.1) is 25.5 Å². The lowest BCUT2D eigenvalue weighted by molar-refractivity contribution is 0.157. The Morgan fingerprint density at radius 2 is 1.94 bits per heavy atom. The quantitative estimate of drug-likeness (QED) is 0.392. The van der Waals surface area contributed by atoms with Gasteiger partial charge in [-0.2, -0.15) is 0 Å². The van der Waals surface area contributed by atoms with Gasteiger partial charge in [0.2, 0.25) is 0 Å². The monoisotopic (exact) mass is 265 g/mol. The highest BCUT2D eigenvalue weighted by Gasteiger charge is 2.09. The third-order valence-corrected chi connectivity index (χ3v) is 2.53. The predicted molar refractivity (Wildman–Crippen MR) is 69.9 cm³/mol. The number of hydrogen-bond acceptors (Lipinski definition) is 4. The van der Waals surface area contributed by atoms with E-state index in [1.807, 2.05) is 20.8 Å². The van der Waals surface area contributed by atoms with Crippen LogP contribution in [0.15, 0.2) is 4.99 Å². The number of sulfone groups is 1. The third-order valence-electron chi connectivity index (χ3n) is 1.62. The first-order valence-corrected chi connectivity index (χ1v) is 7.50. The number of hydrogen-bond donors (Lipinski definition) is 2. The summed E-state index contributed by atoms with van der Waals surface area (Å²) >= 11 is 0. The van der Waals surface area contributed by atoms with Gasteiger partial charge in [0, 0.05) is 11.8 Å². The zero-order valence-electron chi connectivity index (χ0n) is 11.0. The number of nitrogens with zero attached hydrogens (tertiary/aromatic N) is 1. The van der Waals surface area contributed by atoms with Crippen LogP contribution in [0.5, 0.6) is 0 Å². The molecule has 0 aromatic rings. The van der Waals surface area contributed by atoms with E-state index in [2.05, 4.69) is 10.3 Å². The van der Waals surface area contributed by atoms with E-state index >= 15 is 0 Å². The molecule has 6 nitrogen and oxygen atoms in total. The largest absolute Gasteiger partial charge is 0.378 e. The Morgan fingerprint density at radius 3 is 2.41 bits per heavy atom. The predicted octanol–water partition coefficient (Wildman–Crippen LogP) is -0.250. The normalized spacial score (nSPS) is 13.8. The minimum absolute atomic E-state index is 0.0342. The van der Waals surface area contributed by atoms with Crippen LogP contribution >= 0.6 is 0 Å². The summed E-state index contributed by atoms with van der Waals surface area (Å²) in [5.41, 5.74) is 5.51. The number of ether oxygens (including phenoxy) is 1. The maximum atomic E-state index is 10.8. The fourth-order valence-corrected chi connectivity index (χ4v) is 1.39. The van der Waals surface area contributed by atoms with Gasteiger partial charge in [-0.15, -0.1) is 0 Å². The molecule has 0 spiro atoms. The third kappa shape index (κ3) is 13.1. The van der Waals surface area contributed by atoms with Crippen LogP contribution in [0.1, 0.15) is 20.8 Å². The molecule has 0 bridgehead atoms. The molecule has 0 aliphatic heterocycles. The molecule has 0 aromatic carbocycles. The van der Waals surface area contributed by atoms with Gasteiger partial charge in [-0.25, -0.2) is 8.42 Å². The lowest BCUT2D eigenvalue weighted by Crippen LogP contribution is -2.45. The second-order valence-corrected chi connectivity index (χ2v) is 7.14. The van der Waals surface area contributed by atoms with E-state index in [0.717, 1.165) is 0 Å². The summed E-state index contributed by atoms with van der Waals surface area (Å²) in [6.07, 6.45) is 1.18. The molecule has 0 fully saturated rings. The minimum atomic E-state index is -2.95. The Balaban J connectivity index is 3.67. The fourth-order valence-electron chi connectivity index (χ4n) is 0.967. The van der Waals surface area contributed by atoms with Gasteiger partial charge in [-0.1, -0.05) is 0 Å². The Bertz CT molecular complexity index is 344. The highest BCUT2D eigenvalue weighted by molar-refractivity contribution is 7.90. The number of nitrogens with two attached hydrogens (primary N) is 1. The van der Waals surface area contributed by atoms with E-state index in [1.54, 1.807) is 0 Å². The Morgan fingerprint density at radius 1 is 1.35 bits per heavy atom. The molecule has 0 aliphatic carbocycles. The van der Waals surface area contributed by atoms with Crippen molar-refractivity contribution in [2.45, 2.75) is 26.3 Å². The zero-order chi connectivity index (χ0) is 13.5. The van der Waals surface area contributed by atoms with Crippen molar-refractivity contribution >= 4 is 15.8 Å². The van der Waals surface area contributed by atoms with Crippen LogP contribution in [0, 0.1) is 0 Å². The van der Waals surface area contributed by atoms with Crippen molar-refractivity contribution in [1.29, 1.82) is 0 Å². The zero-order valence-corrected chi connectivity index (χ0v) is 11.8. The molecule has 7 heteroatoms. The molecule has 17 heavy (non-hydrogen) atoms. The number of rotatable bonds is 6. The molecule has 0 unspecified atom stereocenters. The summed E-state index contributed by atoms with van der Waals surface area (Å²) in [6.45, 7) is 6.93. The number of guanidine groups is 1. The van der Waals surface area contributed by atoms with Gasteiger partial charge in [-0.05, 0) is 20.8 Å². The molecular weight excluding hydrogens is 242 g/mol. The second kappa shape index (κ2) is 6.80. The molecule has 0 aliphatic rings. The Kier molecular flexibility index (Phi) is 6.48. The minimum Gasteiger partial charge on any atom is -0.378 e. The average Bonchev–Trinajstić information content (AvgIpc) is 2.06. The van der Waals surface area contributed by atoms with Crippen LogP contribution in [0.4, 0.5) is 0 Å². The Hall–Kier alpha value is -0.820. The van der Waals surface area contributed by atoms with E-state index in [9.17, 15) is 8.42 Å².